The maximum absolute atomic E-state index is 12.4. The molecule has 7 rings (SSSR count). The van der Waals surface area contributed by atoms with Gasteiger partial charge in [0.05, 0.1) is 5.92 Å². The molecule has 47 heavy (non-hydrogen) atoms. The Morgan fingerprint density at radius 1 is 0.894 bits per heavy atom. The van der Waals surface area contributed by atoms with E-state index in [9.17, 15) is 18.1 Å². The van der Waals surface area contributed by atoms with Crippen LogP contribution < -0.4 is 5.32 Å². The van der Waals surface area contributed by atoms with E-state index in [4.69, 9.17) is 11.6 Å². The smallest absolute Gasteiger partial charge is 0.297 e. The Morgan fingerprint density at radius 2 is 1.66 bits per heavy atom. The van der Waals surface area contributed by atoms with Crippen molar-refractivity contribution < 1.29 is 18.1 Å². The number of anilines is 2. The van der Waals surface area contributed by atoms with Crippen LogP contribution in [0.25, 0.3) is 21.5 Å². The van der Waals surface area contributed by atoms with Gasteiger partial charge in [-0.25, -0.2) is 4.98 Å². The van der Waals surface area contributed by atoms with Gasteiger partial charge in [0.1, 0.15) is 22.1 Å². The maximum Gasteiger partial charge on any atom is 0.297 e. The number of halogens is 1. The number of hydrogen-bond acceptors (Lipinski definition) is 9. The predicted molar refractivity (Wildman–Crippen MR) is 182 cm³/mol. The zero-order chi connectivity index (χ0) is 32.9. The lowest BCUT2D eigenvalue weighted by Crippen LogP contribution is -2.04. The van der Waals surface area contributed by atoms with Gasteiger partial charge in [-0.1, -0.05) is 77.9 Å². The molecule has 0 radical (unpaired) electrons. The minimum Gasteiger partial charge on any atom is -0.505 e. The van der Waals surface area contributed by atoms with Crippen LogP contribution in [0.1, 0.15) is 28.4 Å². The quantitative estimate of drug-likeness (QED) is 0.0831. The van der Waals surface area contributed by atoms with E-state index in [0.717, 1.165) is 27.8 Å². The van der Waals surface area contributed by atoms with E-state index >= 15 is 0 Å². The van der Waals surface area contributed by atoms with Crippen molar-refractivity contribution in [1.29, 1.82) is 0 Å². The minimum atomic E-state index is -4.64. The number of rotatable bonds is 8. The molecule has 10 nitrogen and oxygen atoms in total. The maximum atomic E-state index is 12.4. The normalized spacial score (nSPS) is 14.6. The van der Waals surface area contributed by atoms with Crippen LogP contribution >= 0.6 is 11.6 Å². The predicted octanol–water partition coefficient (Wildman–Crippen LogP) is 8.83. The minimum absolute atomic E-state index is 0.0441. The highest BCUT2D eigenvalue weighted by Gasteiger charge is 2.31. The summed E-state index contributed by atoms with van der Waals surface area (Å²) in [5.41, 5.74) is 4.56. The van der Waals surface area contributed by atoms with Crippen molar-refractivity contribution in [2.75, 3.05) is 5.32 Å². The van der Waals surface area contributed by atoms with Crippen molar-refractivity contribution in [3.63, 3.8) is 0 Å². The zero-order valence-corrected chi connectivity index (χ0v) is 26.8. The fourth-order valence-electron chi connectivity index (χ4n) is 5.86. The number of allylic oxidation sites excluding steroid dienone is 2. The van der Waals surface area contributed by atoms with Crippen molar-refractivity contribution in [2.24, 2.45) is 10.2 Å². The molecule has 3 N–H and O–H groups in total. The number of nitrogens with zero attached hydrogens (tertiary/aromatic N) is 5. The van der Waals surface area contributed by atoms with Crippen LogP contribution in [-0.4, -0.2) is 33.0 Å². The summed E-state index contributed by atoms with van der Waals surface area (Å²) in [7, 11) is -4.64. The van der Waals surface area contributed by atoms with E-state index < -0.39 is 10.1 Å². The van der Waals surface area contributed by atoms with Crippen LogP contribution in [0.15, 0.2) is 112 Å². The molecule has 234 valence electrons. The summed E-state index contributed by atoms with van der Waals surface area (Å²) in [6.45, 7) is 3.79. The Bertz CT molecular complexity index is 2400. The van der Waals surface area contributed by atoms with Gasteiger partial charge in [-0.05, 0) is 78.0 Å². The number of fused-ring (bicyclic) bond motifs is 2. The largest absolute Gasteiger partial charge is 0.505 e. The van der Waals surface area contributed by atoms with Gasteiger partial charge < -0.3 is 10.4 Å². The molecule has 1 aliphatic rings. The molecular weight excluding hydrogens is 636 g/mol. The second-order valence-corrected chi connectivity index (χ2v) is 13.1. The van der Waals surface area contributed by atoms with Crippen molar-refractivity contribution in [1.82, 2.24) is 15.0 Å². The molecule has 1 heterocycles. The highest BCUT2D eigenvalue weighted by molar-refractivity contribution is 7.86. The molecular formula is C35H27ClN6O4S. The summed E-state index contributed by atoms with van der Waals surface area (Å²) in [6.07, 6.45) is 2.56. The SMILES string of the molecule is Cc1cc(CC2=CC2c2nc(Cl)nc(Nc3ccccc3)n2)c2c(O)c(N=Nc3ccc4ccccc4c3S(=O)(=O)O)c(C)cc2c1. The van der Waals surface area contributed by atoms with Gasteiger partial charge in [0.2, 0.25) is 11.2 Å². The number of nitrogens with one attached hydrogen (secondary N) is 1. The molecule has 1 aromatic heterocycles. The van der Waals surface area contributed by atoms with Gasteiger partial charge in [0.25, 0.3) is 10.1 Å². The van der Waals surface area contributed by atoms with Gasteiger partial charge in [-0.3, -0.25) is 4.55 Å². The van der Waals surface area contributed by atoms with Crippen molar-refractivity contribution in [3.05, 3.63) is 124 Å². The lowest BCUT2D eigenvalue weighted by atomic mass is 9.94. The Labute approximate surface area is 275 Å². The molecule has 12 heteroatoms. The molecule has 0 spiro atoms. The molecule has 1 aliphatic carbocycles. The molecule has 0 saturated carbocycles. The number of phenols is 1. The molecule has 0 saturated heterocycles. The lowest BCUT2D eigenvalue weighted by molar-refractivity contribution is 0.482. The Hall–Kier alpha value is -5.23. The highest BCUT2D eigenvalue weighted by Crippen LogP contribution is 2.46. The third kappa shape index (κ3) is 6.16. The average molecular weight is 663 g/mol. The summed E-state index contributed by atoms with van der Waals surface area (Å²) >= 11 is 6.26. The van der Waals surface area contributed by atoms with Crippen LogP contribution in [0.4, 0.5) is 23.0 Å². The van der Waals surface area contributed by atoms with E-state index in [1.165, 1.54) is 6.07 Å². The van der Waals surface area contributed by atoms with Crippen molar-refractivity contribution >= 4 is 66.3 Å². The first-order valence-electron chi connectivity index (χ1n) is 14.7. The van der Waals surface area contributed by atoms with E-state index in [1.54, 1.807) is 37.3 Å². The van der Waals surface area contributed by atoms with E-state index in [1.807, 2.05) is 55.5 Å². The van der Waals surface area contributed by atoms with Crippen molar-refractivity contribution in [2.45, 2.75) is 31.1 Å². The summed E-state index contributed by atoms with van der Waals surface area (Å²) in [5, 5.41) is 25.8. The molecule has 5 aromatic carbocycles. The van der Waals surface area contributed by atoms with Crippen molar-refractivity contribution in [3.8, 4) is 5.75 Å². The van der Waals surface area contributed by atoms with Gasteiger partial charge in [-0.2, -0.15) is 18.4 Å². The summed E-state index contributed by atoms with van der Waals surface area (Å²) in [5.74, 6) is 0.651. The van der Waals surface area contributed by atoms with Crippen LogP contribution in [0, 0.1) is 13.8 Å². The zero-order valence-electron chi connectivity index (χ0n) is 25.2. The van der Waals surface area contributed by atoms with Crippen LogP contribution in [0.2, 0.25) is 5.28 Å². The third-order valence-corrected chi connectivity index (χ3v) is 9.09. The Morgan fingerprint density at radius 3 is 2.45 bits per heavy atom. The molecule has 0 bridgehead atoms. The number of aryl methyl sites for hydroxylation is 2. The van der Waals surface area contributed by atoms with E-state index in [-0.39, 0.29) is 33.2 Å². The first kappa shape index (κ1) is 30.4. The average Bonchev–Trinajstić information content (AvgIpc) is 3.79. The summed E-state index contributed by atoms with van der Waals surface area (Å²) in [6, 6.07) is 25.4. The number of azo groups is 1. The molecule has 0 amide bonds. The molecule has 1 atom stereocenters. The first-order valence-corrected chi connectivity index (χ1v) is 16.5. The standard InChI is InChI=1S/C35H27ClN6O4S/c1-19-14-23-16-20(2)30(42-41-28-13-12-21-8-6-7-11-26(21)32(28)47(44,45)46)31(43)29(23)24(15-19)17-22-18-27(22)33-38-34(36)40-35(39-33)37-25-9-4-3-5-10-25/h3-16,18,27,43H,17H2,1-2H3,(H,44,45,46)(H,37,38,39,40). The van der Waals surface area contributed by atoms with Gasteiger partial charge in [0.15, 0.2) is 5.75 Å². The Balaban J connectivity index is 1.22. The number of benzene rings is 5. The number of aromatic nitrogens is 3. The summed E-state index contributed by atoms with van der Waals surface area (Å²) < 4.78 is 34.9. The number of phenolic OH excluding ortho intramolecular Hbond substituents is 1. The van der Waals surface area contributed by atoms with Crippen LogP contribution in [-0.2, 0) is 16.5 Å². The van der Waals surface area contributed by atoms with Gasteiger partial charge in [-0.15, -0.1) is 10.2 Å². The lowest BCUT2D eigenvalue weighted by Gasteiger charge is -2.13. The van der Waals surface area contributed by atoms with Crippen LogP contribution in [0.3, 0.4) is 0 Å². The van der Waals surface area contributed by atoms with E-state index in [0.29, 0.717) is 39.9 Å². The van der Waals surface area contributed by atoms with Gasteiger partial charge >= 0.3 is 0 Å². The molecule has 0 fully saturated rings. The third-order valence-electron chi connectivity index (χ3n) is 7.98. The molecule has 1 unspecified atom stereocenters. The number of hydrogen-bond donors (Lipinski definition) is 3. The monoisotopic (exact) mass is 662 g/mol. The molecule has 0 aliphatic heterocycles. The second-order valence-electron chi connectivity index (χ2n) is 11.4. The summed E-state index contributed by atoms with van der Waals surface area (Å²) in [4.78, 5) is 12.8. The first-order chi connectivity index (χ1) is 22.5. The number of para-hydroxylation sites is 1. The second kappa shape index (κ2) is 11.8. The topological polar surface area (TPSA) is 150 Å². The van der Waals surface area contributed by atoms with Crippen LogP contribution in [0.5, 0.6) is 5.75 Å². The van der Waals surface area contributed by atoms with Gasteiger partial charge in [0, 0.05) is 16.5 Å². The fourth-order valence-corrected chi connectivity index (χ4v) is 6.86. The Kier molecular flexibility index (Phi) is 7.67. The fraction of sp³-hybridized carbons (Fsp3) is 0.114. The highest BCUT2D eigenvalue weighted by atomic mass is 35.5. The number of aromatic hydroxyl groups is 1. The van der Waals surface area contributed by atoms with E-state index in [2.05, 4.69) is 36.6 Å². The molecule has 6 aromatic rings.